The zero-order valence-corrected chi connectivity index (χ0v) is 18.6. The number of sulfonamides is 1. The summed E-state index contributed by atoms with van der Waals surface area (Å²) in [4.78, 5) is 16.2. The molecule has 0 aromatic heterocycles. The second-order valence-electron chi connectivity index (χ2n) is 7.51. The van der Waals surface area contributed by atoms with Gasteiger partial charge in [-0.15, -0.1) is 0 Å². The number of para-hydroxylation sites is 1. The van der Waals surface area contributed by atoms with Crippen molar-refractivity contribution in [2.45, 2.75) is 31.2 Å². The third-order valence-corrected chi connectivity index (χ3v) is 6.90. The maximum Gasteiger partial charge on any atom is 0.260 e. The highest BCUT2D eigenvalue weighted by Gasteiger charge is 2.23. The zero-order valence-electron chi connectivity index (χ0n) is 17.8. The molecule has 1 heterocycles. The monoisotopic (exact) mass is 449 g/mol. The molecule has 168 valence electrons. The van der Waals surface area contributed by atoms with Crippen molar-refractivity contribution in [1.29, 1.82) is 0 Å². The third-order valence-electron chi connectivity index (χ3n) is 5.29. The number of nitrogens with one attached hydrogen (secondary N) is 1. The van der Waals surface area contributed by atoms with Gasteiger partial charge in [-0.3, -0.25) is 4.79 Å². The Labute approximate surface area is 182 Å². The van der Waals surface area contributed by atoms with Crippen molar-refractivity contribution in [3.63, 3.8) is 0 Å². The molecule has 1 aliphatic rings. The van der Waals surface area contributed by atoms with Crippen molar-refractivity contribution in [1.82, 2.24) is 9.62 Å². The molecular formula is C22H28FN3O4S. The van der Waals surface area contributed by atoms with Crippen LogP contribution >= 0.6 is 0 Å². The normalized spacial score (nSPS) is 15.6. The average molecular weight is 450 g/mol. The maximum absolute atomic E-state index is 13.9. The van der Waals surface area contributed by atoms with Gasteiger partial charge in [-0.2, -0.15) is 0 Å². The van der Waals surface area contributed by atoms with E-state index in [1.54, 1.807) is 30.0 Å². The number of halogens is 1. The van der Waals surface area contributed by atoms with Gasteiger partial charge in [0.2, 0.25) is 10.0 Å². The molecule has 1 N–H and O–H groups in total. The molecule has 0 saturated carbocycles. The summed E-state index contributed by atoms with van der Waals surface area (Å²) < 4.78 is 46.7. The van der Waals surface area contributed by atoms with E-state index in [0.717, 1.165) is 0 Å². The van der Waals surface area contributed by atoms with Gasteiger partial charge in [0.25, 0.3) is 5.91 Å². The minimum Gasteiger partial charge on any atom is -0.484 e. The molecule has 0 unspecified atom stereocenters. The maximum atomic E-state index is 13.9. The van der Waals surface area contributed by atoms with Crippen LogP contribution in [0.4, 0.5) is 10.1 Å². The first-order valence-electron chi connectivity index (χ1n) is 10.3. The quantitative estimate of drug-likeness (QED) is 0.670. The van der Waals surface area contributed by atoms with Crippen LogP contribution in [0, 0.1) is 5.82 Å². The molecule has 2 aromatic rings. The molecule has 31 heavy (non-hydrogen) atoms. The largest absolute Gasteiger partial charge is 0.484 e. The molecule has 1 amide bonds. The molecule has 1 atom stereocenters. The van der Waals surface area contributed by atoms with Gasteiger partial charge in [0.05, 0.1) is 10.6 Å². The zero-order chi connectivity index (χ0) is 22.4. The lowest BCUT2D eigenvalue weighted by Gasteiger charge is -2.36. The Balaban J connectivity index is 1.49. The molecular weight excluding hydrogens is 421 g/mol. The van der Waals surface area contributed by atoms with E-state index in [9.17, 15) is 17.6 Å². The van der Waals surface area contributed by atoms with Gasteiger partial charge in [0, 0.05) is 32.2 Å². The minimum atomic E-state index is -3.58. The van der Waals surface area contributed by atoms with Gasteiger partial charge in [0.1, 0.15) is 11.6 Å². The lowest BCUT2D eigenvalue weighted by atomic mass is 10.2. The van der Waals surface area contributed by atoms with Gasteiger partial charge in [-0.05, 0) is 49.7 Å². The smallest absolute Gasteiger partial charge is 0.260 e. The molecule has 3 rings (SSSR count). The van der Waals surface area contributed by atoms with E-state index in [2.05, 4.69) is 4.72 Å². The summed E-state index contributed by atoms with van der Waals surface area (Å²) in [7, 11) is -3.58. The predicted octanol–water partition coefficient (Wildman–Crippen LogP) is 2.63. The summed E-state index contributed by atoms with van der Waals surface area (Å²) in [6, 6.07) is 12.4. The molecule has 2 aromatic carbocycles. The van der Waals surface area contributed by atoms with Crippen molar-refractivity contribution < 1.29 is 22.3 Å². The van der Waals surface area contributed by atoms with Crippen LogP contribution < -0.4 is 14.4 Å². The summed E-state index contributed by atoms with van der Waals surface area (Å²) in [5.74, 6) is -0.0143. The third kappa shape index (κ3) is 5.95. The van der Waals surface area contributed by atoms with E-state index >= 15 is 0 Å². The van der Waals surface area contributed by atoms with E-state index in [1.807, 2.05) is 11.8 Å². The van der Waals surface area contributed by atoms with Crippen molar-refractivity contribution in [3.05, 3.63) is 54.3 Å². The highest BCUT2D eigenvalue weighted by Crippen LogP contribution is 2.20. The van der Waals surface area contributed by atoms with Gasteiger partial charge in [0.15, 0.2) is 6.61 Å². The Hall–Kier alpha value is -2.65. The summed E-state index contributed by atoms with van der Waals surface area (Å²) in [5.41, 5.74) is 0.545. The number of amides is 1. The average Bonchev–Trinajstić information content (AvgIpc) is 2.78. The van der Waals surface area contributed by atoms with Crippen LogP contribution in [0.15, 0.2) is 53.4 Å². The fourth-order valence-corrected chi connectivity index (χ4v) is 4.60. The van der Waals surface area contributed by atoms with E-state index in [-0.39, 0.29) is 29.3 Å². The fraction of sp³-hybridized carbons (Fsp3) is 0.409. The van der Waals surface area contributed by atoms with Crippen LogP contribution in [0.25, 0.3) is 0 Å². The Morgan fingerprint density at radius 1 is 1.10 bits per heavy atom. The number of nitrogens with zero attached hydrogens (tertiary/aromatic N) is 2. The van der Waals surface area contributed by atoms with Crippen LogP contribution in [0.1, 0.15) is 20.3 Å². The van der Waals surface area contributed by atoms with E-state index < -0.39 is 10.0 Å². The van der Waals surface area contributed by atoms with Crippen molar-refractivity contribution in [2.75, 3.05) is 37.7 Å². The van der Waals surface area contributed by atoms with Crippen LogP contribution in [0.2, 0.25) is 0 Å². The van der Waals surface area contributed by atoms with Crippen LogP contribution in [0.5, 0.6) is 5.75 Å². The Morgan fingerprint density at radius 3 is 2.35 bits per heavy atom. The molecule has 0 spiro atoms. The predicted molar refractivity (Wildman–Crippen MR) is 117 cm³/mol. The summed E-state index contributed by atoms with van der Waals surface area (Å²) in [6.07, 6.45) is 0.692. The number of benzene rings is 2. The summed E-state index contributed by atoms with van der Waals surface area (Å²) in [5, 5.41) is 0. The second kappa shape index (κ2) is 10.1. The summed E-state index contributed by atoms with van der Waals surface area (Å²) in [6.45, 7) is 5.61. The lowest BCUT2D eigenvalue weighted by Crippen LogP contribution is -2.50. The van der Waals surface area contributed by atoms with Crippen molar-refractivity contribution >= 4 is 21.6 Å². The molecule has 1 fully saturated rings. The van der Waals surface area contributed by atoms with Crippen molar-refractivity contribution in [3.8, 4) is 5.75 Å². The van der Waals surface area contributed by atoms with Crippen LogP contribution in [-0.4, -0.2) is 58.1 Å². The first kappa shape index (κ1) is 23.0. The number of carbonyl (C=O) groups excluding carboxylic acids is 1. The fourth-order valence-electron chi connectivity index (χ4n) is 3.27. The molecule has 0 aliphatic carbocycles. The van der Waals surface area contributed by atoms with Crippen LogP contribution in [-0.2, 0) is 14.8 Å². The number of piperazine rings is 1. The molecule has 7 nitrogen and oxygen atoms in total. The Morgan fingerprint density at radius 2 is 1.74 bits per heavy atom. The lowest BCUT2D eigenvalue weighted by molar-refractivity contribution is -0.133. The van der Waals surface area contributed by atoms with E-state index in [4.69, 9.17) is 4.74 Å². The van der Waals surface area contributed by atoms with E-state index in [0.29, 0.717) is 44.0 Å². The topological polar surface area (TPSA) is 78.9 Å². The molecule has 0 bridgehead atoms. The van der Waals surface area contributed by atoms with Gasteiger partial charge in [-0.1, -0.05) is 19.1 Å². The van der Waals surface area contributed by atoms with E-state index in [1.165, 1.54) is 30.3 Å². The molecule has 1 saturated heterocycles. The number of carbonyl (C=O) groups is 1. The number of hydrogen-bond donors (Lipinski definition) is 1. The Kier molecular flexibility index (Phi) is 7.50. The molecule has 0 radical (unpaired) electrons. The second-order valence-corrected chi connectivity index (χ2v) is 9.22. The number of rotatable bonds is 8. The first-order chi connectivity index (χ1) is 14.8. The highest BCUT2D eigenvalue weighted by molar-refractivity contribution is 7.89. The van der Waals surface area contributed by atoms with Crippen molar-refractivity contribution in [2.24, 2.45) is 0 Å². The number of anilines is 1. The van der Waals surface area contributed by atoms with Crippen LogP contribution in [0.3, 0.4) is 0 Å². The Bertz CT molecular complexity index is 990. The standard InChI is InChI=1S/C22H28FN3O4S/c1-3-17(2)24-31(28,29)19-10-8-18(9-11-19)30-16-22(27)26-14-12-25(13-15-26)21-7-5-4-6-20(21)23/h4-11,17,24H,3,12-16H2,1-2H3/t17-/m1/s1. The van der Waals surface area contributed by atoms with Gasteiger partial charge in [-0.25, -0.2) is 17.5 Å². The first-order valence-corrected chi connectivity index (χ1v) is 11.8. The molecule has 9 heteroatoms. The molecule has 1 aliphatic heterocycles. The minimum absolute atomic E-state index is 0.142. The SMILES string of the molecule is CC[C@@H](C)NS(=O)(=O)c1ccc(OCC(=O)N2CCN(c3ccccc3F)CC2)cc1. The summed E-state index contributed by atoms with van der Waals surface area (Å²) >= 11 is 0. The van der Waals surface area contributed by atoms with Gasteiger partial charge >= 0.3 is 0 Å². The van der Waals surface area contributed by atoms with Gasteiger partial charge < -0.3 is 14.5 Å². The highest BCUT2D eigenvalue weighted by atomic mass is 32.2. The number of ether oxygens (including phenoxy) is 1. The number of hydrogen-bond acceptors (Lipinski definition) is 5.